The van der Waals surface area contributed by atoms with Crippen molar-refractivity contribution in [2.75, 3.05) is 11.9 Å². The lowest BCUT2D eigenvalue weighted by molar-refractivity contribution is -0.119. The average Bonchev–Trinajstić information content (AvgIpc) is 3.52. The Kier molecular flexibility index (Phi) is 5.82. The summed E-state index contributed by atoms with van der Waals surface area (Å²) in [5.74, 6) is -5.63. The first-order valence-corrected chi connectivity index (χ1v) is 10.7. The second-order valence-electron chi connectivity index (χ2n) is 7.86. The second kappa shape index (κ2) is 9.09. The van der Waals surface area contributed by atoms with Gasteiger partial charge in [0.15, 0.2) is 24.1 Å². The third-order valence-electron chi connectivity index (χ3n) is 5.65. The van der Waals surface area contributed by atoms with E-state index in [1.165, 1.54) is 0 Å². The van der Waals surface area contributed by atoms with Gasteiger partial charge in [0, 0.05) is 5.39 Å². The quantitative estimate of drug-likeness (QED) is 0.301. The van der Waals surface area contributed by atoms with Gasteiger partial charge in [-0.3, -0.25) is 4.79 Å². The molecule has 6 nitrogen and oxygen atoms in total. The largest absolute Gasteiger partial charge is 0.465 e. The minimum atomic E-state index is -1.71. The summed E-state index contributed by atoms with van der Waals surface area (Å²) in [6, 6.07) is 12.2. The van der Waals surface area contributed by atoms with Crippen molar-refractivity contribution in [2.24, 2.45) is 0 Å². The van der Waals surface area contributed by atoms with Crippen molar-refractivity contribution in [3.63, 3.8) is 0 Å². The van der Waals surface area contributed by atoms with Crippen LogP contribution in [0.4, 0.5) is 18.9 Å². The third kappa shape index (κ3) is 4.28. The normalized spacial score (nSPS) is 13.7. The lowest BCUT2D eigenvalue weighted by Gasteiger charge is -2.13. The lowest BCUT2D eigenvalue weighted by atomic mass is 10.0. The topological polar surface area (TPSA) is 81.4 Å². The molecular formula is C26H17F3N2O4. The van der Waals surface area contributed by atoms with Gasteiger partial charge in [-0.25, -0.2) is 22.9 Å². The molecule has 0 atom stereocenters. The number of halogens is 3. The molecule has 0 fully saturated rings. The highest BCUT2D eigenvalue weighted by atomic mass is 19.2. The van der Waals surface area contributed by atoms with Crippen LogP contribution in [0.25, 0.3) is 22.6 Å². The van der Waals surface area contributed by atoms with Gasteiger partial charge in [0.1, 0.15) is 5.76 Å². The zero-order valence-electron chi connectivity index (χ0n) is 18.1. The van der Waals surface area contributed by atoms with Crippen molar-refractivity contribution in [1.82, 2.24) is 4.98 Å². The van der Waals surface area contributed by atoms with Crippen LogP contribution in [0, 0.1) is 17.5 Å². The number of esters is 1. The second-order valence-corrected chi connectivity index (χ2v) is 7.86. The van der Waals surface area contributed by atoms with Crippen LogP contribution < -0.4 is 5.32 Å². The van der Waals surface area contributed by atoms with Crippen molar-refractivity contribution in [1.29, 1.82) is 0 Å². The first kappa shape index (κ1) is 22.4. The Morgan fingerprint density at radius 3 is 2.66 bits per heavy atom. The number of carbonyl (C=O) groups excluding carboxylic acids is 2. The predicted octanol–water partition coefficient (Wildman–Crippen LogP) is 5.53. The van der Waals surface area contributed by atoms with Crippen LogP contribution in [0.5, 0.6) is 0 Å². The highest BCUT2D eigenvalue weighted by Gasteiger charge is 2.28. The van der Waals surface area contributed by atoms with Gasteiger partial charge in [-0.05, 0) is 60.4 Å². The van der Waals surface area contributed by atoms with E-state index in [4.69, 9.17) is 14.1 Å². The number of ether oxygens (including phenoxy) is 1. The van der Waals surface area contributed by atoms with Crippen LogP contribution in [0.2, 0.25) is 0 Å². The molecule has 4 aromatic rings. The van der Waals surface area contributed by atoms with Crippen LogP contribution >= 0.6 is 0 Å². The number of hydrogen-bond acceptors (Lipinski definition) is 5. The molecule has 1 N–H and O–H groups in total. The van der Waals surface area contributed by atoms with Crippen molar-refractivity contribution >= 4 is 40.1 Å². The zero-order valence-corrected chi connectivity index (χ0v) is 18.1. The number of anilines is 1. The molecule has 1 aliphatic carbocycles. The van der Waals surface area contributed by atoms with Crippen LogP contribution in [0.3, 0.4) is 0 Å². The number of furan rings is 1. The number of nitrogens with zero attached hydrogens (tertiary/aromatic N) is 1. The molecule has 0 saturated heterocycles. The number of benzene rings is 2. The fourth-order valence-corrected chi connectivity index (χ4v) is 4.07. The maximum atomic E-state index is 13.8. The minimum Gasteiger partial charge on any atom is -0.465 e. The Bertz CT molecular complexity index is 1500. The summed E-state index contributed by atoms with van der Waals surface area (Å²) in [4.78, 5) is 30.1. The Hall–Kier alpha value is -4.40. The SMILES string of the molecule is O=C(COC(=O)c1c2c(nc3ccccc13)/C(=C/c1ccco1)CC2)Nc1ccc(F)c(F)c1F. The summed E-state index contributed by atoms with van der Waals surface area (Å²) < 4.78 is 50.9. The molecule has 0 saturated carbocycles. The van der Waals surface area contributed by atoms with E-state index in [1.807, 2.05) is 12.1 Å². The smallest absolute Gasteiger partial charge is 0.339 e. The van der Waals surface area contributed by atoms with Gasteiger partial charge in [0.25, 0.3) is 5.91 Å². The molecule has 0 aliphatic heterocycles. The van der Waals surface area contributed by atoms with Crippen LogP contribution in [0.1, 0.15) is 33.8 Å². The highest BCUT2D eigenvalue weighted by molar-refractivity contribution is 6.08. The molecule has 0 unspecified atom stereocenters. The monoisotopic (exact) mass is 478 g/mol. The molecule has 2 heterocycles. The molecule has 0 spiro atoms. The molecule has 1 aliphatic rings. The number of rotatable bonds is 5. The molecule has 176 valence electrons. The average molecular weight is 478 g/mol. The fourth-order valence-electron chi connectivity index (χ4n) is 4.07. The summed E-state index contributed by atoms with van der Waals surface area (Å²) in [5.41, 5.74) is 2.56. The first-order chi connectivity index (χ1) is 16.9. The van der Waals surface area contributed by atoms with Gasteiger partial charge in [-0.15, -0.1) is 0 Å². The molecule has 9 heteroatoms. The predicted molar refractivity (Wildman–Crippen MR) is 122 cm³/mol. The number of fused-ring (bicyclic) bond motifs is 2. The number of carbonyl (C=O) groups is 2. The molecule has 35 heavy (non-hydrogen) atoms. The summed E-state index contributed by atoms with van der Waals surface area (Å²) in [6.45, 7) is -0.752. The van der Waals surface area contributed by atoms with Gasteiger partial charge in [0.2, 0.25) is 0 Å². The van der Waals surface area contributed by atoms with E-state index in [2.05, 4.69) is 5.32 Å². The Morgan fingerprint density at radius 1 is 1.03 bits per heavy atom. The summed E-state index contributed by atoms with van der Waals surface area (Å²) in [7, 11) is 0. The van der Waals surface area contributed by atoms with E-state index in [1.54, 1.807) is 36.6 Å². The van der Waals surface area contributed by atoms with E-state index in [9.17, 15) is 22.8 Å². The minimum absolute atomic E-state index is 0.292. The standard InChI is InChI=1S/C26H17F3N2O4/c27-18-9-10-20(24(29)23(18)28)30-21(32)13-35-26(33)22-16-5-1-2-6-19(16)31-25-14(7-8-17(22)25)12-15-4-3-11-34-15/h1-6,9-12H,7-8,13H2,(H,30,32)/b14-12+. The van der Waals surface area contributed by atoms with Crippen molar-refractivity contribution in [3.8, 4) is 0 Å². The zero-order chi connectivity index (χ0) is 24.5. The number of pyridine rings is 1. The number of allylic oxidation sites excluding steroid dienone is 1. The maximum absolute atomic E-state index is 13.8. The van der Waals surface area contributed by atoms with E-state index in [0.717, 1.165) is 11.6 Å². The Labute approximate surface area is 197 Å². The Morgan fingerprint density at radius 2 is 1.86 bits per heavy atom. The van der Waals surface area contributed by atoms with E-state index >= 15 is 0 Å². The van der Waals surface area contributed by atoms with Crippen LogP contribution in [0.15, 0.2) is 59.2 Å². The summed E-state index contributed by atoms with van der Waals surface area (Å²) >= 11 is 0. The molecule has 0 radical (unpaired) electrons. The Balaban J connectivity index is 1.41. The molecule has 5 rings (SSSR count). The first-order valence-electron chi connectivity index (χ1n) is 10.7. The molecular weight excluding hydrogens is 461 g/mol. The van der Waals surface area contributed by atoms with Gasteiger partial charge >= 0.3 is 5.97 Å². The van der Waals surface area contributed by atoms with Gasteiger partial charge < -0.3 is 14.5 Å². The highest BCUT2D eigenvalue weighted by Crippen LogP contribution is 2.37. The number of para-hydroxylation sites is 1. The fraction of sp³-hybridized carbons (Fsp3) is 0.115. The third-order valence-corrected chi connectivity index (χ3v) is 5.65. The molecule has 2 aromatic carbocycles. The lowest BCUT2D eigenvalue weighted by Crippen LogP contribution is -2.22. The van der Waals surface area contributed by atoms with Crippen molar-refractivity contribution in [2.45, 2.75) is 12.8 Å². The number of amides is 1. The van der Waals surface area contributed by atoms with E-state index in [0.29, 0.717) is 52.4 Å². The summed E-state index contributed by atoms with van der Waals surface area (Å²) in [5, 5.41) is 2.65. The summed E-state index contributed by atoms with van der Waals surface area (Å²) in [6.07, 6.45) is 4.61. The molecule has 0 bridgehead atoms. The van der Waals surface area contributed by atoms with Crippen molar-refractivity contribution in [3.05, 3.63) is 94.8 Å². The number of aromatic nitrogens is 1. The van der Waals surface area contributed by atoms with E-state index in [-0.39, 0.29) is 0 Å². The van der Waals surface area contributed by atoms with Crippen molar-refractivity contribution < 1.29 is 31.9 Å². The molecule has 2 aromatic heterocycles. The van der Waals surface area contributed by atoms with E-state index < -0.39 is 41.6 Å². The van der Waals surface area contributed by atoms with Gasteiger partial charge in [-0.2, -0.15) is 0 Å². The van der Waals surface area contributed by atoms with Crippen LogP contribution in [-0.4, -0.2) is 23.5 Å². The number of nitrogens with one attached hydrogen (secondary N) is 1. The van der Waals surface area contributed by atoms with Gasteiger partial charge in [0.05, 0.1) is 28.7 Å². The van der Waals surface area contributed by atoms with Gasteiger partial charge in [-0.1, -0.05) is 18.2 Å². The van der Waals surface area contributed by atoms with Crippen LogP contribution in [-0.2, 0) is 16.0 Å². The number of hydrogen-bond donors (Lipinski definition) is 1. The molecule has 1 amide bonds. The maximum Gasteiger partial charge on any atom is 0.339 e.